The van der Waals surface area contributed by atoms with E-state index in [1.807, 2.05) is 63.3 Å². The fourth-order valence-corrected chi connectivity index (χ4v) is 3.87. The molecule has 2 heterocycles. The smallest absolute Gasteiger partial charge is 0.410 e. The van der Waals surface area contributed by atoms with E-state index >= 15 is 0 Å². The molecule has 1 N–H and O–H groups in total. The number of benzene rings is 1. The molecule has 3 rings (SSSR count). The molecule has 2 aliphatic heterocycles. The van der Waals surface area contributed by atoms with Crippen molar-refractivity contribution < 1.29 is 23.9 Å². The second-order valence-corrected chi connectivity index (χ2v) is 9.18. The Balaban J connectivity index is 1.58. The number of piperidine rings is 1. The van der Waals surface area contributed by atoms with E-state index in [-0.39, 0.29) is 24.6 Å². The molecule has 0 aromatic heterocycles. The zero-order chi connectivity index (χ0) is 23.1. The van der Waals surface area contributed by atoms with E-state index in [9.17, 15) is 14.4 Å². The normalized spacial score (nSPS) is 21.7. The summed E-state index contributed by atoms with van der Waals surface area (Å²) in [4.78, 5) is 41.5. The molecular formula is C24H33N3O5. The monoisotopic (exact) mass is 443 g/mol. The minimum Gasteiger partial charge on any atom is -0.445 e. The fourth-order valence-electron chi connectivity index (χ4n) is 3.87. The number of alkyl carbamates (subject to hydrolysis) is 1. The number of ether oxygens (including phenoxy) is 2. The van der Waals surface area contributed by atoms with Crippen LogP contribution in [0.5, 0.6) is 0 Å². The highest BCUT2D eigenvalue weighted by Crippen LogP contribution is 2.21. The standard InChI is InChI=1S/C24H33N3O5/c1-24(2,3)32-23(30)26-14-9-12-19(16-26)27-15-8-7-13-20(21(27)28)25-22(29)31-17-18-10-5-4-6-11-18/h4-8,10-11,19-20H,9,12-17H2,1-3H3,(H,25,29). The van der Waals surface area contributed by atoms with Crippen molar-refractivity contribution in [2.24, 2.45) is 0 Å². The summed E-state index contributed by atoms with van der Waals surface area (Å²) in [6, 6.07) is 8.55. The van der Waals surface area contributed by atoms with E-state index in [2.05, 4.69) is 5.32 Å². The largest absolute Gasteiger partial charge is 0.445 e. The first-order valence-corrected chi connectivity index (χ1v) is 11.1. The number of nitrogens with one attached hydrogen (secondary N) is 1. The van der Waals surface area contributed by atoms with E-state index in [1.54, 1.807) is 9.80 Å². The van der Waals surface area contributed by atoms with Crippen molar-refractivity contribution in [1.29, 1.82) is 0 Å². The molecule has 0 bridgehead atoms. The molecule has 0 radical (unpaired) electrons. The molecule has 8 heteroatoms. The number of rotatable bonds is 4. The first-order valence-electron chi connectivity index (χ1n) is 11.1. The van der Waals surface area contributed by atoms with E-state index in [1.165, 1.54) is 0 Å². The maximum Gasteiger partial charge on any atom is 0.410 e. The lowest BCUT2D eigenvalue weighted by atomic mass is 10.0. The van der Waals surface area contributed by atoms with Crippen molar-refractivity contribution in [2.45, 2.75) is 64.3 Å². The third-order valence-electron chi connectivity index (χ3n) is 5.42. The van der Waals surface area contributed by atoms with E-state index in [4.69, 9.17) is 9.47 Å². The molecule has 8 nitrogen and oxygen atoms in total. The Morgan fingerprint density at radius 1 is 1.16 bits per heavy atom. The summed E-state index contributed by atoms with van der Waals surface area (Å²) >= 11 is 0. The average molecular weight is 444 g/mol. The third-order valence-corrected chi connectivity index (χ3v) is 5.42. The summed E-state index contributed by atoms with van der Waals surface area (Å²) in [5, 5.41) is 2.70. The molecule has 1 aromatic rings. The molecule has 3 amide bonds. The Kier molecular flexibility index (Phi) is 7.77. The second kappa shape index (κ2) is 10.5. The predicted molar refractivity (Wildman–Crippen MR) is 120 cm³/mol. The van der Waals surface area contributed by atoms with Gasteiger partial charge in [-0.3, -0.25) is 4.79 Å². The van der Waals surface area contributed by atoms with Gasteiger partial charge in [0.15, 0.2) is 0 Å². The van der Waals surface area contributed by atoms with Gasteiger partial charge in [0.05, 0.1) is 0 Å². The predicted octanol–water partition coefficient (Wildman–Crippen LogP) is 3.47. The lowest BCUT2D eigenvalue weighted by molar-refractivity contribution is -0.136. The van der Waals surface area contributed by atoms with Crippen LogP contribution in [0.1, 0.15) is 45.6 Å². The summed E-state index contributed by atoms with van der Waals surface area (Å²) in [6.07, 6.45) is 4.83. The van der Waals surface area contributed by atoms with Crippen LogP contribution >= 0.6 is 0 Å². The van der Waals surface area contributed by atoms with Crippen LogP contribution in [-0.4, -0.2) is 65.2 Å². The minimum absolute atomic E-state index is 0.129. The van der Waals surface area contributed by atoms with Gasteiger partial charge in [0.1, 0.15) is 18.2 Å². The van der Waals surface area contributed by atoms with Crippen molar-refractivity contribution in [3.8, 4) is 0 Å². The van der Waals surface area contributed by atoms with Crippen LogP contribution < -0.4 is 5.32 Å². The van der Waals surface area contributed by atoms with Gasteiger partial charge in [0.25, 0.3) is 0 Å². The summed E-state index contributed by atoms with van der Waals surface area (Å²) in [5.41, 5.74) is 0.307. The van der Waals surface area contributed by atoms with Crippen LogP contribution in [0.4, 0.5) is 9.59 Å². The van der Waals surface area contributed by atoms with Crippen molar-refractivity contribution in [1.82, 2.24) is 15.1 Å². The summed E-state index contributed by atoms with van der Waals surface area (Å²) in [5.74, 6) is -0.164. The molecule has 1 aromatic carbocycles. The maximum atomic E-state index is 13.2. The number of carbonyl (C=O) groups excluding carboxylic acids is 3. The molecule has 32 heavy (non-hydrogen) atoms. The van der Waals surface area contributed by atoms with Crippen LogP contribution in [0.3, 0.4) is 0 Å². The van der Waals surface area contributed by atoms with Crippen LogP contribution in [0.2, 0.25) is 0 Å². The summed E-state index contributed by atoms with van der Waals surface area (Å²) in [7, 11) is 0. The Morgan fingerprint density at radius 3 is 2.62 bits per heavy atom. The summed E-state index contributed by atoms with van der Waals surface area (Å²) in [6.45, 7) is 7.12. The topological polar surface area (TPSA) is 88.2 Å². The first-order chi connectivity index (χ1) is 15.2. The SMILES string of the molecule is CC(C)(C)OC(=O)N1CCCC(N2CC=CCC(NC(=O)OCc3ccccc3)C2=O)C1. The van der Waals surface area contributed by atoms with Gasteiger partial charge < -0.3 is 24.6 Å². The zero-order valence-electron chi connectivity index (χ0n) is 19.1. The lowest BCUT2D eigenvalue weighted by Gasteiger charge is -2.40. The third kappa shape index (κ3) is 6.73. The molecule has 0 aliphatic carbocycles. The van der Waals surface area contributed by atoms with Gasteiger partial charge in [-0.1, -0.05) is 42.5 Å². The number of amides is 3. The molecule has 1 saturated heterocycles. The highest BCUT2D eigenvalue weighted by Gasteiger charge is 2.35. The van der Waals surface area contributed by atoms with Gasteiger partial charge in [-0.2, -0.15) is 0 Å². The van der Waals surface area contributed by atoms with Crippen LogP contribution in [0.25, 0.3) is 0 Å². The van der Waals surface area contributed by atoms with Crippen LogP contribution in [0.15, 0.2) is 42.5 Å². The Morgan fingerprint density at radius 2 is 1.91 bits per heavy atom. The first kappa shape index (κ1) is 23.6. The van der Waals surface area contributed by atoms with Gasteiger partial charge in [0, 0.05) is 25.7 Å². The number of hydrogen-bond acceptors (Lipinski definition) is 5. The summed E-state index contributed by atoms with van der Waals surface area (Å²) < 4.78 is 10.8. The van der Waals surface area contributed by atoms with Gasteiger partial charge in [0.2, 0.25) is 5.91 Å². The Hall–Kier alpha value is -3.03. The van der Waals surface area contributed by atoms with E-state index in [0.29, 0.717) is 26.1 Å². The van der Waals surface area contributed by atoms with Gasteiger partial charge >= 0.3 is 12.2 Å². The van der Waals surface area contributed by atoms with E-state index < -0.39 is 17.7 Å². The van der Waals surface area contributed by atoms with Crippen LogP contribution in [0, 0.1) is 0 Å². The molecule has 2 atom stereocenters. The number of likely N-dealkylation sites (tertiary alicyclic amines) is 1. The second-order valence-electron chi connectivity index (χ2n) is 9.18. The molecule has 0 saturated carbocycles. The average Bonchev–Trinajstić information content (AvgIpc) is 2.93. The van der Waals surface area contributed by atoms with Crippen molar-refractivity contribution >= 4 is 18.1 Å². The fraction of sp³-hybridized carbons (Fsp3) is 0.542. The van der Waals surface area contributed by atoms with Crippen LogP contribution in [-0.2, 0) is 20.9 Å². The van der Waals surface area contributed by atoms with Gasteiger partial charge in [-0.15, -0.1) is 0 Å². The van der Waals surface area contributed by atoms with Crippen molar-refractivity contribution in [2.75, 3.05) is 19.6 Å². The number of carbonyl (C=O) groups is 3. The number of hydrogen-bond donors (Lipinski definition) is 1. The highest BCUT2D eigenvalue weighted by molar-refractivity contribution is 5.86. The van der Waals surface area contributed by atoms with E-state index in [0.717, 1.165) is 18.4 Å². The molecule has 1 fully saturated rings. The van der Waals surface area contributed by atoms with Gasteiger partial charge in [-0.05, 0) is 45.6 Å². The molecule has 2 unspecified atom stereocenters. The number of nitrogens with zero attached hydrogens (tertiary/aromatic N) is 2. The van der Waals surface area contributed by atoms with Gasteiger partial charge in [-0.25, -0.2) is 9.59 Å². The van der Waals surface area contributed by atoms with Crippen molar-refractivity contribution in [3.63, 3.8) is 0 Å². The lowest BCUT2D eigenvalue weighted by Crippen LogP contribution is -2.56. The highest BCUT2D eigenvalue weighted by atomic mass is 16.6. The van der Waals surface area contributed by atoms with Crippen molar-refractivity contribution in [3.05, 3.63) is 48.0 Å². The minimum atomic E-state index is -0.700. The zero-order valence-corrected chi connectivity index (χ0v) is 19.1. The Labute approximate surface area is 189 Å². The maximum absolute atomic E-state index is 13.2. The molecule has 174 valence electrons. The Bertz CT molecular complexity index is 834. The molecular weight excluding hydrogens is 410 g/mol. The molecule has 0 spiro atoms. The molecule has 2 aliphatic rings. The quantitative estimate of drug-likeness (QED) is 0.720.